The first-order valence-electron chi connectivity index (χ1n) is 8.72. The molecule has 2 aromatic heterocycles. The van der Waals surface area contributed by atoms with Gasteiger partial charge in [0.05, 0.1) is 5.52 Å². The van der Waals surface area contributed by atoms with E-state index in [2.05, 4.69) is 38.7 Å². The average molecular weight is 356 g/mol. The molecule has 0 unspecified atom stereocenters. The van der Waals surface area contributed by atoms with Crippen LogP contribution in [0.25, 0.3) is 22.0 Å². The quantitative estimate of drug-likeness (QED) is 0.315. The smallest absolute Gasteiger partial charge is 0.144 e. The van der Waals surface area contributed by atoms with Crippen molar-refractivity contribution in [2.75, 3.05) is 0 Å². The fraction of sp³-hybridized carbons (Fsp3) is 0.0952. The molecule has 0 saturated carbocycles. The summed E-state index contributed by atoms with van der Waals surface area (Å²) in [5, 5.41) is 19.0. The Balaban J connectivity index is 1.54. The van der Waals surface area contributed by atoms with Crippen molar-refractivity contribution in [3.63, 3.8) is 0 Å². The van der Waals surface area contributed by atoms with Crippen LogP contribution in [0.1, 0.15) is 16.8 Å². The molecule has 0 spiro atoms. The van der Waals surface area contributed by atoms with Crippen LogP contribution in [0.3, 0.4) is 0 Å². The minimum absolute atomic E-state index is 0.0459. The van der Waals surface area contributed by atoms with Crippen molar-refractivity contribution in [3.8, 4) is 11.1 Å². The number of amidine groups is 1. The second kappa shape index (κ2) is 7.39. The van der Waals surface area contributed by atoms with Crippen molar-refractivity contribution < 1.29 is 0 Å². The molecule has 0 aliphatic rings. The van der Waals surface area contributed by atoms with Gasteiger partial charge >= 0.3 is 0 Å². The maximum atomic E-state index is 7.66. The zero-order chi connectivity index (χ0) is 18.6. The molecular formula is C21H20N6. The minimum Gasteiger partial charge on any atom is -0.382 e. The maximum absolute atomic E-state index is 7.66. The molecule has 0 atom stereocenters. The van der Waals surface area contributed by atoms with Crippen LogP contribution in [0, 0.1) is 5.41 Å². The number of aromatic nitrogens is 3. The monoisotopic (exact) mass is 356 g/mol. The maximum Gasteiger partial charge on any atom is 0.144 e. The van der Waals surface area contributed by atoms with Crippen molar-refractivity contribution in [1.29, 1.82) is 5.41 Å². The van der Waals surface area contributed by atoms with Crippen LogP contribution in [0.4, 0.5) is 0 Å². The number of nitrogen functional groups attached to an aromatic ring is 1. The van der Waals surface area contributed by atoms with E-state index in [9.17, 15) is 0 Å². The van der Waals surface area contributed by atoms with Crippen LogP contribution >= 0.6 is 0 Å². The van der Waals surface area contributed by atoms with E-state index in [1.165, 1.54) is 5.56 Å². The van der Waals surface area contributed by atoms with E-state index < -0.39 is 0 Å². The Morgan fingerprint density at radius 1 is 0.963 bits per heavy atom. The number of nitrogens with zero attached hydrogens (tertiary/aromatic N) is 2. The van der Waals surface area contributed by atoms with Gasteiger partial charge in [0, 0.05) is 36.4 Å². The van der Waals surface area contributed by atoms with Crippen molar-refractivity contribution in [3.05, 3.63) is 83.8 Å². The summed E-state index contributed by atoms with van der Waals surface area (Å²) in [5.41, 5.74) is 11.4. The van der Waals surface area contributed by atoms with Gasteiger partial charge in [-0.2, -0.15) is 5.10 Å². The molecule has 0 amide bonds. The Morgan fingerprint density at radius 3 is 2.59 bits per heavy atom. The highest BCUT2D eigenvalue weighted by molar-refractivity contribution is 6.06. The summed E-state index contributed by atoms with van der Waals surface area (Å²) in [4.78, 5) is 4.38. The largest absolute Gasteiger partial charge is 0.382 e. The Bertz CT molecular complexity index is 1080. The van der Waals surface area contributed by atoms with Crippen molar-refractivity contribution >= 4 is 16.7 Å². The third-order valence-electron chi connectivity index (χ3n) is 4.45. The van der Waals surface area contributed by atoms with Crippen LogP contribution in [0.15, 0.2) is 67.0 Å². The molecule has 2 aromatic carbocycles. The summed E-state index contributed by atoms with van der Waals surface area (Å²) < 4.78 is 0. The van der Waals surface area contributed by atoms with E-state index in [1.807, 2.05) is 48.8 Å². The summed E-state index contributed by atoms with van der Waals surface area (Å²) in [6.45, 7) is 1.55. The molecule has 5 N–H and O–H groups in total. The number of rotatable bonds is 6. The second-order valence-corrected chi connectivity index (χ2v) is 6.42. The number of aromatic amines is 1. The highest BCUT2D eigenvalue weighted by Gasteiger charge is 2.10. The lowest BCUT2D eigenvalue weighted by atomic mass is 10.0. The van der Waals surface area contributed by atoms with Gasteiger partial charge in [-0.05, 0) is 34.9 Å². The molecule has 0 aliphatic carbocycles. The normalized spacial score (nSPS) is 11.0. The van der Waals surface area contributed by atoms with Gasteiger partial charge in [0.1, 0.15) is 11.5 Å². The highest BCUT2D eigenvalue weighted by Crippen LogP contribution is 2.25. The van der Waals surface area contributed by atoms with E-state index in [4.69, 9.17) is 11.1 Å². The molecule has 2 heterocycles. The minimum atomic E-state index is -0.0459. The first kappa shape index (κ1) is 16.9. The van der Waals surface area contributed by atoms with E-state index in [1.54, 1.807) is 0 Å². The zero-order valence-electron chi connectivity index (χ0n) is 14.7. The number of nitrogens with two attached hydrogens (primary N) is 1. The SMILES string of the molecule is N=C(N)c1n[nH]c2ccc(-c3cncc(CNCc4ccccc4)c3)cc12. The first-order valence-corrected chi connectivity index (χ1v) is 8.72. The van der Waals surface area contributed by atoms with Crippen LogP contribution in [-0.2, 0) is 13.1 Å². The molecule has 0 aliphatic heterocycles. The Kier molecular flexibility index (Phi) is 4.63. The van der Waals surface area contributed by atoms with Crippen molar-refractivity contribution in [2.24, 2.45) is 5.73 Å². The molecule has 134 valence electrons. The zero-order valence-corrected chi connectivity index (χ0v) is 14.7. The average Bonchev–Trinajstić information content (AvgIpc) is 3.12. The van der Waals surface area contributed by atoms with Crippen LogP contribution in [0.2, 0.25) is 0 Å². The molecule has 0 radical (unpaired) electrons. The van der Waals surface area contributed by atoms with Gasteiger partial charge in [0.25, 0.3) is 0 Å². The fourth-order valence-corrected chi connectivity index (χ4v) is 3.09. The molecule has 0 bridgehead atoms. The summed E-state index contributed by atoms with van der Waals surface area (Å²) in [5.74, 6) is -0.0459. The number of hydrogen-bond acceptors (Lipinski definition) is 4. The van der Waals surface area contributed by atoms with Crippen molar-refractivity contribution in [1.82, 2.24) is 20.5 Å². The lowest BCUT2D eigenvalue weighted by molar-refractivity contribution is 0.691. The molecule has 4 aromatic rings. The molecule has 0 saturated heterocycles. The predicted octanol–water partition coefficient (Wildman–Crippen LogP) is 3.20. The molecule has 6 nitrogen and oxygen atoms in total. The standard InChI is InChI=1S/C21H20N6/c22-21(23)20-18-9-16(6-7-19(18)26-27-20)17-8-15(12-25-13-17)11-24-10-14-4-2-1-3-5-14/h1-9,12-13,24H,10-11H2,(H3,22,23)(H,26,27). The Hall–Kier alpha value is -3.51. The van der Waals surface area contributed by atoms with E-state index in [-0.39, 0.29) is 5.84 Å². The topological polar surface area (TPSA) is 103 Å². The third-order valence-corrected chi connectivity index (χ3v) is 4.45. The lowest BCUT2D eigenvalue weighted by Gasteiger charge is -2.07. The van der Waals surface area contributed by atoms with Crippen LogP contribution in [0.5, 0.6) is 0 Å². The van der Waals surface area contributed by atoms with Gasteiger partial charge in [0.2, 0.25) is 0 Å². The van der Waals surface area contributed by atoms with Crippen molar-refractivity contribution in [2.45, 2.75) is 13.1 Å². The summed E-state index contributed by atoms with van der Waals surface area (Å²) in [6.07, 6.45) is 3.72. The number of hydrogen-bond donors (Lipinski definition) is 4. The molecule has 27 heavy (non-hydrogen) atoms. The molecule has 0 fully saturated rings. The Morgan fingerprint density at radius 2 is 1.78 bits per heavy atom. The second-order valence-electron chi connectivity index (χ2n) is 6.42. The van der Waals surface area contributed by atoms with Gasteiger partial charge in [-0.3, -0.25) is 15.5 Å². The van der Waals surface area contributed by atoms with E-state index in [0.29, 0.717) is 5.69 Å². The number of benzene rings is 2. The number of nitrogens with one attached hydrogen (secondary N) is 3. The number of H-pyrrole nitrogens is 1. The van der Waals surface area contributed by atoms with E-state index in [0.717, 1.165) is 40.7 Å². The first-order chi connectivity index (χ1) is 13.2. The van der Waals surface area contributed by atoms with Gasteiger partial charge in [-0.25, -0.2) is 0 Å². The number of fused-ring (bicyclic) bond motifs is 1. The van der Waals surface area contributed by atoms with Gasteiger partial charge in [-0.15, -0.1) is 0 Å². The molecular weight excluding hydrogens is 336 g/mol. The Labute approximate surface area is 157 Å². The molecule has 4 rings (SSSR count). The predicted molar refractivity (Wildman–Crippen MR) is 107 cm³/mol. The highest BCUT2D eigenvalue weighted by atomic mass is 15.1. The van der Waals surface area contributed by atoms with E-state index >= 15 is 0 Å². The fourth-order valence-electron chi connectivity index (χ4n) is 3.09. The van der Waals surface area contributed by atoms with Crippen LogP contribution < -0.4 is 11.1 Å². The van der Waals surface area contributed by atoms with Gasteiger partial charge in [-0.1, -0.05) is 36.4 Å². The number of pyridine rings is 1. The van der Waals surface area contributed by atoms with Gasteiger partial charge < -0.3 is 11.1 Å². The summed E-state index contributed by atoms with van der Waals surface area (Å²) >= 11 is 0. The summed E-state index contributed by atoms with van der Waals surface area (Å²) in [7, 11) is 0. The third kappa shape index (κ3) is 3.70. The molecule has 6 heteroatoms. The van der Waals surface area contributed by atoms with Gasteiger partial charge in [0.15, 0.2) is 0 Å². The summed E-state index contributed by atoms with van der Waals surface area (Å²) in [6, 6.07) is 18.4. The van der Waals surface area contributed by atoms with Crippen LogP contribution in [-0.4, -0.2) is 21.0 Å². The lowest BCUT2D eigenvalue weighted by Crippen LogP contribution is -2.12.